The first-order valence-corrected chi connectivity index (χ1v) is 4.98. The fourth-order valence-electron chi connectivity index (χ4n) is 1.67. The summed E-state index contributed by atoms with van der Waals surface area (Å²) in [7, 11) is 0. The number of Topliss-reactive ketones (excluding diaryl/α,β-unsaturated/α-hetero) is 1. The van der Waals surface area contributed by atoms with Crippen LogP contribution in [-0.2, 0) is 14.9 Å². The fourth-order valence-corrected chi connectivity index (χ4v) is 1.85. The molecule has 1 heterocycles. The van der Waals surface area contributed by atoms with Gasteiger partial charge in [-0.15, -0.1) is 0 Å². The van der Waals surface area contributed by atoms with Gasteiger partial charge in [-0.25, -0.2) is 4.39 Å². The van der Waals surface area contributed by atoms with Crippen molar-refractivity contribution in [3.05, 3.63) is 34.6 Å². The molecular formula is C11H10ClFO2. The molecule has 0 bridgehead atoms. The molecule has 2 nitrogen and oxygen atoms in total. The number of carbonyl (C=O) groups is 1. The van der Waals surface area contributed by atoms with Crippen LogP contribution in [0.5, 0.6) is 0 Å². The van der Waals surface area contributed by atoms with Gasteiger partial charge in [0.15, 0.2) is 0 Å². The molecule has 0 aliphatic carbocycles. The van der Waals surface area contributed by atoms with Crippen LogP contribution in [0.4, 0.5) is 4.39 Å². The van der Waals surface area contributed by atoms with Crippen molar-refractivity contribution < 1.29 is 13.9 Å². The number of halogens is 2. The zero-order valence-electron chi connectivity index (χ0n) is 8.22. The molecule has 0 aromatic heterocycles. The van der Waals surface area contributed by atoms with Crippen molar-refractivity contribution in [2.45, 2.75) is 12.3 Å². The quantitative estimate of drug-likeness (QED) is 0.777. The molecule has 0 radical (unpaired) electrons. The number of benzene rings is 1. The summed E-state index contributed by atoms with van der Waals surface area (Å²) in [6.07, 6.45) is 0. The predicted molar refractivity (Wildman–Crippen MR) is 54.6 cm³/mol. The second-order valence-corrected chi connectivity index (χ2v) is 4.17. The van der Waals surface area contributed by atoms with Crippen LogP contribution >= 0.6 is 11.6 Å². The van der Waals surface area contributed by atoms with Crippen LogP contribution in [0, 0.1) is 5.82 Å². The molecule has 1 aromatic rings. The van der Waals surface area contributed by atoms with Crippen molar-refractivity contribution in [1.29, 1.82) is 0 Å². The highest BCUT2D eigenvalue weighted by molar-refractivity contribution is 6.30. The molecule has 1 aromatic carbocycles. The first kappa shape index (κ1) is 10.6. The van der Waals surface area contributed by atoms with E-state index in [1.165, 1.54) is 19.1 Å². The van der Waals surface area contributed by atoms with E-state index in [2.05, 4.69) is 0 Å². The maximum atomic E-state index is 13.0. The van der Waals surface area contributed by atoms with E-state index < -0.39 is 11.2 Å². The molecule has 0 spiro atoms. The van der Waals surface area contributed by atoms with Crippen molar-refractivity contribution >= 4 is 17.4 Å². The van der Waals surface area contributed by atoms with E-state index in [1.807, 2.05) is 0 Å². The summed E-state index contributed by atoms with van der Waals surface area (Å²) in [5, 5.41) is 0.0417. The molecular weight excluding hydrogens is 219 g/mol. The molecule has 1 fully saturated rings. The van der Waals surface area contributed by atoms with Crippen LogP contribution in [0.2, 0.25) is 5.02 Å². The first-order valence-electron chi connectivity index (χ1n) is 4.60. The fraction of sp³-hybridized carbons (Fsp3) is 0.364. The summed E-state index contributed by atoms with van der Waals surface area (Å²) in [5.74, 6) is -0.448. The minimum absolute atomic E-state index is 0.0245. The average Bonchev–Trinajstić information content (AvgIpc) is 2.08. The Kier molecular flexibility index (Phi) is 2.52. The highest BCUT2D eigenvalue weighted by Crippen LogP contribution is 2.35. The van der Waals surface area contributed by atoms with Crippen LogP contribution < -0.4 is 0 Å². The molecule has 0 N–H and O–H groups in total. The van der Waals surface area contributed by atoms with E-state index in [0.29, 0.717) is 13.2 Å². The molecule has 15 heavy (non-hydrogen) atoms. The maximum Gasteiger partial charge on any atom is 0.145 e. The van der Waals surface area contributed by atoms with E-state index in [9.17, 15) is 9.18 Å². The highest BCUT2D eigenvalue weighted by Gasteiger charge is 2.45. The van der Waals surface area contributed by atoms with E-state index >= 15 is 0 Å². The van der Waals surface area contributed by atoms with Crippen molar-refractivity contribution in [3.63, 3.8) is 0 Å². The molecule has 1 aliphatic rings. The lowest BCUT2D eigenvalue weighted by atomic mass is 9.75. The van der Waals surface area contributed by atoms with Crippen molar-refractivity contribution in [1.82, 2.24) is 0 Å². The van der Waals surface area contributed by atoms with Gasteiger partial charge in [0.05, 0.1) is 18.2 Å². The maximum absolute atomic E-state index is 13.0. The average molecular weight is 229 g/mol. The van der Waals surface area contributed by atoms with Gasteiger partial charge < -0.3 is 4.74 Å². The second kappa shape index (κ2) is 3.58. The number of hydrogen-bond acceptors (Lipinski definition) is 2. The number of rotatable bonds is 2. The van der Waals surface area contributed by atoms with Gasteiger partial charge in [0, 0.05) is 0 Å². The monoisotopic (exact) mass is 228 g/mol. The summed E-state index contributed by atoms with van der Waals surface area (Å²) < 4.78 is 18.0. The lowest BCUT2D eigenvalue weighted by molar-refractivity contribution is -0.140. The topological polar surface area (TPSA) is 26.3 Å². The lowest BCUT2D eigenvalue weighted by Gasteiger charge is -2.39. The Morgan fingerprint density at radius 3 is 2.60 bits per heavy atom. The Morgan fingerprint density at radius 2 is 2.20 bits per heavy atom. The van der Waals surface area contributed by atoms with Crippen LogP contribution in [0.15, 0.2) is 18.2 Å². The van der Waals surface area contributed by atoms with Crippen molar-refractivity contribution in [3.8, 4) is 0 Å². The smallest absolute Gasteiger partial charge is 0.145 e. The third-order valence-corrected chi connectivity index (χ3v) is 3.13. The molecule has 0 atom stereocenters. The van der Waals surface area contributed by atoms with Gasteiger partial charge in [-0.05, 0) is 24.6 Å². The third kappa shape index (κ3) is 1.56. The Morgan fingerprint density at radius 1 is 1.53 bits per heavy atom. The Labute approximate surface area is 92.0 Å². The second-order valence-electron chi connectivity index (χ2n) is 3.76. The summed E-state index contributed by atoms with van der Waals surface area (Å²) in [5.41, 5.74) is 0.116. The molecule has 4 heteroatoms. The minimum atomic E-state index is -0.614. The first-order chi connectivity index (χ1) is 7.06. The summed E-state index contributed by atoms with van der Waals surface area (Å²) in [6, 6.07) is 4.37. The predicted octanol–water partition coefficient (Wildman–Crippen LogP) is 2.34. The third-order valence-electron chi connectivity index (χ3n) is 2.84. The zero-order chi connectivity index (χ0) is 11.1. The van der Waals surface area contributed by atoms with Gasteiger partial charge in [-0.3, -0.25) is 4.79 Å². The minimum Gasteiger partial charge on any atom is -0.378 e. The summed E-state index contributed by atoms with van der Waals surface area (Å²) >= 11 is 5.68. The lowest BCUT2D eigenvalue weighted by Crippen LogP contribution is -2.52. The van der Waals surface area contributed by atoms with E-state index in [4.69, 9.17) is 16.3 Å². The molecule has 1 saturated heterocycles. The van der Waals surface area contributed by atoms with Crippen LogP contribution in [0.3, 0.4) is 0 Å². The Hall–Kier alpha value is -0.930. The van der Waals surface area contributed by atoms with E-state index in [1.54, 1.807) is 6.07 Å². The number of carbonyl (C=O) groups excluding carboxylic acids is 1. The van der Waals surface area contributed by atoms with Crippen LogP contribution in [0.1, 0.15) is 12.5 Å². The number of hydrogen-bond donors (Lipinski definition) is 0. The van der Waals surface area contributed by atoms with Gasteiger partial charge in [0.2, 0.25) is 0 Å². The molecule has 2 rings (SSSR count). The molecule has 0 saturated carbocycles. The Balaban J connectivity index is 2.44. The zero-order valence-corrected chi connectivity index (χ0v) is 8.97. The SMILES string of the molecule is CC(=O)C1(c2ccc(F)c(Cl)c2)COC1. The standard InChI is InChI=1S/C11H10ClFO2/c1-7(14)11(5-15-6-11)8-2-3-10(13)9(12)4-8/h2-4H,5-6H2,1H3. The number of ether oxygens (including phenoxy) is 1. The summed E-state index contributed by atoms with van der Waals surface area (Å²) in [4.78, 5) is 11.5. The van der Waals surface area contributed by atoms with Gasteiger partial charge in [0.1, 0.15) is 17.0 Å². The van der Waals surface area contributed by atoms with Gasteiger partial charge in [0.25, 0.3) is 0 Å². The van der Waals surface area contributed by atoms with Crippen molar-refractivity contribution in [2.24, 2.45) is 0 Å². The normalized spacial score (nSPS) is 18.3. The molecule has 1 aliphatic heterocycles. The van der Waals surface area contributed by atoms with Crippen LogP contribution in [0.25, 0.3) is 0 Å². The van der Waals surface area contributed by atoms with Crippen molar-refractivity contribution in [2.75, 3.05) is 13.2 Å². The van der Waals surface area contributed by atoms with Gasteiger partial charge >= 0.3 is 0 Å². The molecule has 0 unspecified atom stereocenters. The largest absolute Gasteiger partial charge is 0.378 e. The van der Waals surface area contributed by atoms with E-state index in [0.717, 1.165) is 5.56 Å². The summed E-state index contributed by atoms with van der Waals surface area (Å²) in [6.45, 7) is 2.22. The Bertz CT molecular complexity index is 413. The number of ketones is 1. The van der Waals surface area contributed by atoms with Gasteiger partial charge in [-0.1, -0.05) is 17.7 Å². The van der Waals surface area contributed by atoms with Crippen LogP contribution in [-0.4, -0.2) is 19.0 Å². The molecule has 80 valence electrons. The molecule has 0 amide bonds. The van der Waals surface area contributed by atoms with E-state index in [-0.39, 0.29) is 10.8 Å². The van der Waals surface area contributed by atoms with Gasteiger partial charge in [-0.2, -0.15) is 0 Å². The highest BCUT2D eigenvalue weighted by atomic mass is 35.5.